The molecule has 21 heavy (non-hydrogen) atoms. The van der Waals surface area contributed by atoms with Crippen molar-refractivity contribution in [1.82, 2.24) is 4.90 Å². The van der Waals surface area contributed by atoms with E-state index in [1.54, 1.807) is 0 Å². The van der Waals surface area contributed by atoms with Crippen LogP contribution in [0.2, 0.25) is 0 Å². The van der Waals surface area contributed by atoms with Gasteiger partial charge in [-0.05, 0) is 36.6 Å². The predicted octanol–water partition coefficient (Wildman–Crippen LogP) is 2.56. The van der Waals surface area contributed by atoms with Crippen LogP contribution in [0.25, 0.3) is 11.1 Å². The molecule has 0 fully saturated rings. The number of phenolic OH excluding ortho intramolecular Hbond substituents is 3. The molecule has 0 bridgehead atoms. The summed E-state index contributed by atoms with van der Waals surface area (Å²) in [7, 11) is 2.06. The molecule has 2 aromatic carbocycles. The van der Waals surface area contributed by atoms with Gasteiger partial charge in [0, 0.05) is 23.7 Å². The van der Waals surface area contributed by atoms with Gasteiger partial charge in [-0.2, -0.15) is 0 Å². The SMILES string of the molecule is CN1CCc2c(O)c(O)c(O)c3c2C1Cc1ccccc1-3. The van der Waals surface area contributed by atoms with E-state index in [1.165, 1.54) is 0 Å². The lowest BCUT2D eigenvalue weighted by Gasteiger charge is -2.40. The van der Waals surface area contributed by atoms with Crippen LogP contribution in [0.1, 0.15) is 22.7 Å². The molecule has 4 rings (SSSR count). The first-order valence-corrected chi connectivity index (χ1v) is 7.17. The summed E-state index contributed by atoms with van der Waals surface area (Å²) in [5, 5.41) is 30.6. The van der Waals surface area contributed by atoms with Gasteiger partial charge in [0.2, 0.25) is 5.75 Å². The molecule has 0 spiro atoms. The van der Waals surface area contributed by atoms with Gasteiger partial charge >= 0.3 is 0 Å². The molecule has 1 aliphatic carbocycles. The number of aromatic hydroxyl groups is 3. The minimum atomic E-state index is -0.399. The second-order valence-electron chi connectivity index (χ2n) is 5.92. The molecule has 0 saturated heterocycles. The van der Waals surface area contributed by atoms with E-state index in [1.807, 2.05) is 18.2 Å². The highest BCUT2D eigenvalue weighted by atomic mass is 16.3. The molecule has 108 valence electrons. The molecule has 4 nitrogen and oxygen atoms in total. The van der Waals surface area contributed by atoms with E-state index in [0.717, 1.165) is 35.2 Å². The minimum absolute atomic E-state index is 0.135. The molecule has 0 saturated carbocycles. The van der Waals surface area contributed by atoms with E-state index >= 15 is 0 Å². The highest BCUT2D eigenvalue weighted by Gasteiger charge is 2.37. The number of hydrogen-bond donors (Lipinski definition) is 3. The standard InChI is InChI=1S/C17H17NO3/c1-18-7-6-11-13-12(18)8-9-4-2-3-5-10(9)14(13)16(20)17(21)15(11)19/h2-5,12,19-21H,6-8H2,1H3. The molecule has 1 atom stereocenters. The molecule has 1 unspecified atom stereocenters. The summed E-state index contributed by atoms with van der Waals surface area (Å²) in [6, 6.07) is 8.08. The van der Waals surface area contributed by atoms with Crippen molar-refractivity contribution in [2.24, 2.45) is 0 Å². The second kappa shape index (κ2) is 4.15. The molecule has 1 aliphatic heterocycles. The lowest BCUT2D eigenvalue weighted by molar-refractivity contribution is 0.223. The topological polar surface area (TPSA) is 63.9 Å². The van der Waals surface area contributed by atoms with Crippen LogP contribution in [-0.2, 0) is 12.8 Å². The van der Waals surface area contributed by atoms with Crippen LogP contribution in [0.3, 0.4) is 0 Å². The third kappa shape index (κ3) is 1.54. The molecule has 4 heteroatoms. The summed E-state index contributed by atoms with van der Waals surface area (Å²) in [5.74, 6) is -0.772. The van der Waals surface area contributed by atoms with Crippen molar-refractivity contribution >= 4 is 0 Å². The summed E-state index contributed by atoms with van der Waals surface area (Å²) >= 11 is 0. The minimum Gasteiger partial charge on any atom is -0.504 e. The predicted molar refractivity (Wildman–Crippen MR) is 79.7 cm³/mol. The van der Waals surface area contributed by atoms with Gasteiger partial charge in [0.05, 0.1) is 0 Å². The third-order valence-electron chi connectivity index (χ3n) is 4.85. The number of fused-ring (bicyclic) bond motifs is 2. The Bertz CT molecular complexity index is 754. The maximum Gasteiger partial charge on any atom is 0.201 e. The maximum absolute atomic E-state index is 10.4. The van der Waals surface area contributed by atoms with Gasteiger partial charge in [-0.3, -0.25) is 4.90 Å². The van der Waals surface area contributed by atoms with Crippen molar-refractivity contribution in [1.29, 1.82) is 0 Å². The highest BCUT2D eigenvalue weighted by Crippen LogP contribution is 2.55. The van der Waals surface area contributed by atoms with Gasteiger partial charge in [0.1, 0.15) is 0 Å². The van der Waals surface area contributed by atoms with E-state index < -0.39 is 5.75 Å². The van der Waals surface area contributed by atoms with E-state index in [0.29, 0.717) is 12.0 Å². The Kier molecular flexibility index (Phi) is 2.48. The Labute approximate surface area is 122 Å². The Hall–Kier alpha value is -2.20. The summed E-state index contributed by atoms with van der Waals surface area (Å²) in [4.78, 5) is 2.25. The van der Waals surface area contributed by atoms with Crippen molar-refractivity contribution in [3.8, 4) is 28.4 Å². The first-order valence-electron chi connectivity index (χ1n) is 7.17. The van der Waals surface area contributed by atoms with Crippen LogP contribution in [-0.4, -0.2) is 33.8 Å². The second-order valence-corrected chi connectivity index (χ2v) is 5.92. The van der Waals surface area contributed by atoms with Crippen molar-refractivity contribution < 1.29 is 15.3 Å². The number of hydrogen-bond acceptors (Lipinski definition) is 4. The fourth-order valence-corrected chi connectivity index (χ4v) is 3.75. The number of benzene rings is 2. The van der Waals surface area contributed by atoms with E-state index in [4.69, 9.17) is 0 Å². The molecule has 1 heterocycles. The van der Waals surface area contributed by atoms with Crippen LogP contribution < -0.4 is 0 Å². The highest BCUT2D eigenvalue weighted by molar-refractivity contribution is 5.85. The summed E-state index contributed by atoms with van der Waals surface area (Å²) in [6.45, 7) is 0.830. The molecule has 0 radical (unpaired) electrons. The molecule has 2 aromatic rings. The van der Waals surface area contributed by atoms with E-state index in [2.05, 4.69) is 18.0 Å². The zero-order valence-corrected chi connectivity index (χ0v) is 11.8. The molecule has 3 N–H and O–H groups in total. The third-order valence-corrected chi connectivity index (χ3v) is 4.85. The molecule has 0 aromatic heterocycles. The summed E-state index contributed by atoms with van der Waals surface area (Å²) < 4.78 is 0. The smallest absolute Gasteiger partial charge is 0.201 e. The van der Waals surface area contributed by atoms with E-state index in [-0.39, 0.29) is 17.5 Å². The summed E-state index contributed by atoms with van der Waals surface area (Å²) in [6.07, 6.45) is 1.54. The van der Waals surface area contributed by atoms with Gasteiger partial charge in [-0.1, -0.05) is 24.3 Å². The van der Waals surface area contributed by atoms with Crippen molar-refractivity contribution in [3.05, 3.63) is 41.0 Å². The normalized spacial score (nSPS) is 20.0. The molecular weight excluding hydrogens is 266 g/mol. The Morgan fingerprint density at radius 3 is 2.62 bits per heavy atom. The zero-order valence-electron chi connectivity index (χ0n) is 11.8. The monoisotopic (exact) mass is 283 g/mol. The van der Waals surface area contributed by atoms with Gasteiger partial charge < -0.3 is 15.3 Å². The fourth-order valence-electron chi connectivity index (χ4n) is 3.75. The maximum atomic E-state index is 10.4. The Balaban J connectivity index is 2.13. The first kappa shape index (κ1) is 12.5. The van der Waals surface area contributed by atoms with Gasteiger partial charge in [-0.15, -0.1) is 0 Å². The molecule has 2 aliphatic rings. The van der Waals surface area contributed by atoms with Crippen LogP contribution in [0.15, 0.2) is 24.3 Å². The number of nitrogens with zero attached hydrogens (tertiary/aromatic N) is 1. The van der Waals surface area contributed by atoms with Gasteiger partial charge in [0.15, 0.2) is 11.5 Å². The average molecular weight is 283 g/mol. The molecular formula is C17H17NO3. The number of phenols is 3. The van der Waals surface area contributed by atoms with Crippen molar-refractivity contribution in [3.63, 3.8) is 0 Å². The van der Waals surface area contributed by atoms with Gasteiger partial charge in [-0.25, -0.2) is 0 Å². The van der Waals surface area contributed by atoms with Gasteiger partial charge in [0.25, 0.3) is 0 Å². The Morgan fingerprint density at radius 2 is 1.81 bits per heavy atom. The van der Waals surface area contributed by atoms with Crippen LogP contribution >= 0.6 is 0 Å². The lowest BCUT2D eigenvalue weighted by Crippen LogP contribution is -2.35. The molecule has 0 amide bonds. The van der Waals surface area contributed by atoms with Crippen molar-refractivity contribution in [2.45, 2.75) is 18.9 Å². The van der Waals surface area contributed by atoms with Crippen LogP contribution in [0, 0.1) is 0 Å². The largest absolute Gasteiger partial charge is 0.504 e. The lowest BCUT2D eigenvalue weighted by atomic mass is 9.76. The van der Waals surface area contributed by atoms with Crippen molar-refractivity contribution in [2.75, 3.05) is 13.6 Å². The average Bonchev–Trinajstić information content (AvgIpc) is 2.50. The van der Waals surface area contributed by atoms with E-state index in [9.17, 15) is 15.3 Å². The fraction of sp³-hybridized carbons (Fsp3) is 0.294. The quantitative estimate of drug-likeness (QED) is 0.650. The number of rotatable bonds is 0. The van der Waals surface area contributed by atoms with Crippen LogP contribution in [0.5, 0.6) is 17.2 Å². The van der Waals surface area contributed by atoms with Crippen LogP contribution in [0.4, 0.5) is 0 Å². The Morgan fingerprint density at radius 1 is 1.05 bits per heavy atom. The number of likely N-dealkylation sites (N-methyl/N-ethyl adjacent to an activating group) is 1. The summed E-state index contributed by atoms with van der Waals surface area (Å²) in [5.41, 5.74) is 4.54. The zero-order chi connectivity index (χ0) is 14.7. The first-order chi connectivity index (χ1) is 10.1.